The van der Waals surface area contributed by atoms with E-state index in [-0.39, 0.29) is 0 Å². The molecule has 0 bridgehead atoms. The predicted octanol–water partition coefficient (Wildman–Crippen LogP) is 3.42. The number of rotatable bonds is 8. The van der Waals surface area contributed by atoms with Crippen molar-refractivity contribution in [3.05, 3.63) is 0 Å². The second kappa shape index (κ2) is 8.93. The van der Waals surface area contributed by atoms with Crippen LogP contribution in [0.5, 0.6) is 0 Å². The first-order valence-electron chi connectivity index (χ1n) is 7.76. The van der Waals surface area contributed by atoms with Crippen molar-refractivity contribution < 1.29 is 0 Å². The quantitative estimate of drug-likeness (QED) is 0.654. The number of likely N-dealkylation sites (N-methyl/N-ethyl adjacent to an activating group) is 1. The van der Waals surface area contributed by atoms with Gasteiger partial charge in [0, 0.05) is 18.6 Å². The number of unbranched alkanes of at least 4 members (excludes halogenated alkanes) is 3. The molecule has 0 radical (unpaired) electrons. The predicted molar refractivity (Wildman–Crippen MR) is 76.5 cm³/mol. The lowest BCUT2D eigenvalue weighted by molar-refractivity contribution is 0.120. The van der Waals surface area contributed by atoms with Crippen molar-refractivity contribution in [3.63, 3.8) is 0 Å². The zero-order chi connectivity index (χ0) is 12.5. The van der Waals surface area contributed by atoms with Crippen LogP contribution in [0.15, 0.2) is 0 Å². The first kappa shape index (κ1) is 15.0. The Bertz CT molecular complexity index is 176. The highest BCUT2D eigenvalue weighted by Gasteiger charge is 2.23. The molecule has 1 aliphatic rings. The molecule has 0 aliphatic carbocycles. The summed E-state index contributed by atoms with van der Waals surface area (Å²) in [5.74, 6) is 0. The molecule has 2 heteroatoms. The van der Waals surface area contributed by atoms with Gasteiger partial charge in [-0.1, -0.05) is 39.5 Å². The molecule has 1 fully saturated rings. The Morgan fingerprint density at radius 3 is 2.65 bits per heavy atom. The van der Waals surface area contributed by atoms with Gasteiger partial charge in [0.2, 0.25) is 0 Å². The fourth-order valence-corrected chi connectivity index (χ4v) is 3.08. The van der Waals surface area contributed by atoms with Crippen molar-refractivity contribution in [2.75, 3.05) is 19.6 Å². The highest BCUT2D eigenvalue weighted by atomic mass is 15.2. The van der Waals surface area contributed by atoms with E-state index in [1.54, 1.807) is 0 Å². The van der Waals surface area contributed by atoms with Gasteiger partial charge in [-0.3, -0.25) is 4.90 Å². The standard InChI is InChI=1S/C15H32N2/c1-4-6-7-8-10-14(3)17(5-2)15-11-9-12-16-13-15/h14-16H,4-13H2,1-3H3. The Morgan fingerprint density at radius 2 is 2.06 bits per heavy atom. The third-order valence-corrected chi connectivity index (χ3v) is 4.15. The van der Waals surface area contributed by atoms with Crippen LogP contribution in [0.25, 0.3) is 0 Å². The summed E-state index contributed by atoms with van der Waals surface area (Å²) in [7, 11) is 0. The van der Waals surface area contributed by atoms with Crippen LogP contribution in [0, 0.1) is 0 Å². The molecule has 0 spiro atoms. The molecular weight excluding hydrogens is 208 g/mol. The summed E-state index contributed by atoms with van der Waals surface area (Å²) < 4.78 is 0. The van der Waals surface area contributed by atoms with Gasteiger partial charge in [-0.25, -0.2) is 0 Å². The zero-order valence-corrected chi connectivity index (χ0v) is 12.2. The molecule has 1 rings (SSSR count). The minimum atomic E-state index is 0.766. The molecule has 102 valence electrons. The molecule has 0 aromatic carbocycles. The molecule has 0 amide bonds. The van der Waals surface area contributed by atoms with E-state index in [0.29, 0.717) is 0 Å². The first-order valence-corrected chi connectivity index (χ1v) is 7.76. The SMILES string of the molecule is CCCCCCC(C)N(CC)C1CCCNC1. The maximum atomic E-state index is 3.54. The molecule has 1 heterocycles. The van der Waals surface area contributed by atoms with Gasteiger partial charge in [0.25, 0.3) is 0 Å². The topological polar surface area (TPSA) is 15.3 Å². The van der Waals surface area contributed by atoms with Crippen LogP contribution in [0.4, 0.5) is 0 Å². The maximum Gasteiger partial charge on any atom is 0.0223 e. The second-order valence-corrected chi connectivity index (χ2v) is 5.53. The molecule has 2 atom stereocenters. The van der Waals surface area contributed by atoms with E-state index in [2.05, 4.69) is 31.0 Å². The summed E-state index contributed by atoms with van der Waals surface area (Å²) >= 11 is 0. The van der Waals surface area contributed by atoms with Crippen molar-refractivity contribution >= 4 is 0 Å². The van der Waals surface area contributed by atoms with Crippen molar-refractivity contribution in [2.24, 2.45) is 0 Å². The highest BCUT2D eigenvalue weighted by molar-refractivity contribution is 4.81. The Labute approximate surface area is 108 Å². The van der Waals surface area contributed by atoms with Crippen molar-refractivity contribution in [3.8, 4) is 0 Å². The Hall–Kier alpha value is -0.0800. The van der Waals surface area contributed by atoms with Crippen molar-refractivity contribution in [1.29, 1.82) is 0 Å². The molecule has 17 heavy (non-hydrogen) atoms. The van der Waals surface area contributed by atoms with E-state index in [1.807, 2.05) is 0 Å². The second-order valence-electron chi connectivity index (χ2n) is 5.53. The van der Waals surface area contributed by atoms with E-state index >= 15 is 0 Å². The molecule has 0 aromatic rings. The molecule has 2 unspecified atom stereocenters. The number of piperidine rings is 1. The summed E-state index contributed by atoms with van der Waals surface area (Å²) in [5.41, 5.74) is 0. The number of nitrogens with one attached hydrogen (secondary N) is 1. The van der Waals surface area contributed by atoms with Crippen molar-refractivity contribution in [2.45, 2.75) is 77.8 Å². The van der Waals surface area contributed by atoms with Gasteiger partial charge in [-0.15, -0.1) is 0 Å². The molecule has 1 aliphatic heterocycles. The summed E-state index contributed by atoms with van der Waals surface area (Å²) in [6.07, 6.45) is 9.70. The lowest BCUT2D eigenvalue weighted by Gasteiger charge is -2.38. The van der Waals surface area contributed by atoms with E-state index < -0.39 is 0 Å². The van der Waals surface area contributed by atoms with Gasteiger partial charge < -0.3 is 5.32 Å². The van der Waals surface area contributed by atoms with Crippen LogP contribution in [-0.2, 0) is 0 Å². The fourth-order valence-electron chi connectivity index (χ4n) is 3.08. The molecule has 1 N–H and O–H groups in total. The van der Waals surface area contributed by atoms with Gasteiger partial charge >= 0.3 is 0 Å². The molecule has 1 saturated heterocycles. The largest absolute Gasteiger partial charge is 0.315 e. The molecule has 0 aromatic heterocycles. The zero-order valence-electron chi connectivity index (χ0n) is 12.2. The van der Waals surface area contributed by atoms with Gasteiger partial charge in [-0.05, 0) is 39.3 Å². The van der Waals surface area contributed by atoms with Crippen LogP contribution in [0.1, 0.15) is 65.7 Å². The first-order chi connectivity index (χ1) is 8.29. The average molecular weight is 240 g/mol. The Balaban J connectivity index is 2.26. The minimum Gasteiger partial charge on any atom is -0.315 e. The average Bonchev–Trinajstić information content (AvgIpc) is 2.37. The number of nitrogens with zero attached hydrogens (tertiary/aromatic N) is 1. The third kappa shape index (κ3) is 5.39. The van der Waals surface area contributed by atoms with Crippen LogP contribution in [0.3, 0.4) is 0 Å². The molecule has 0 saturated carbocycles. The smallest absolute Gasteiger partial charge is 0.0223 e. The lowest BCUT2D eigenvalue weighted by atomic mass is 10.0. The third-order valence-electron chi connectivity index (χ3n) is 4.15. The van der Waals surface area contributed by atoms with Crippen molar-refractivity contribution in [1.82, 2.24) is 10.2 Å². The molecular formula is C15H32N2. The van der Waals surface area contributed by atoms with E-state index in [4.69, 9.17) is 0 Å². The summed E-state index contributed by atoms with van der Waals surface area (Å²) in [4.78, 5) is 2.72. The summed E-state index contributed by atoms with van der Waals surface area (Å²) in [5, 5.41) is 3.54. The van der Waals surface area contributed by atoms with Crippen LogP contribution in [0.2, 0.25) is 0 Å². The van der Waals surface area contributed by atoms with Crippen LogP contribution < -0.4 is 5.32 Å². The minimum absolute atomic E-state index is 0.766. The van der Waals surface area contributed by atoms with Gasteiger partial charge in [0.05, 0.1) is 0 Å². The highest BCUT2D eigenvalue weighted by Crippen LogP contribution is 2.17. The maximum absolute atomic E-state index is 3.54. The van der Waals surface area contributed by atoms with Gasteiger partial charge in [-0.2, -0.15) is 0 Å². The number of hydrogen-bond donors (Lipinski definition) is 1. The lowest BCUT2D eigenvalue weighted by Crippen LogP contribution is -2.49. The molecule has 2 nitrogen and oxygen atoms in total. The van der Waals surface area contributed by atoms with E-state index in [9.17, 15) is 0 Å². The fraction of sp³-hybridized carbons (Fsp3) is 1.00. The normalized spacial score (nSPS) is 22.9. The summed E-state index contributed by atoms with van der Waals surface area (Å²) in [6, 6.07) is 1.55. The van der Waals surface area contributed by atoms with Gasteiger partial charge in [0.15, 0.2) is 0 Å². The number of hydrogen-bond acceptors (Lipinski definition) is 2. The van der Waals surface area contributed by atoms with Crippen LogP contribution in [-0.4, -0.2) is 36.6 Å². The Morgan fingerprint density at radius 1 is 1.24 bits per heavy atom. The monoisotopic (exact) mass is 240 g/mol. The van der Waals surface area contributed by atoms with E-state index in [1.165, 1.54) is 64.6 Å². The summed E-state index contributed by atoms with van der Waals surface area (Å²) in [6.45, 7) is 10.7. The van der Waals surface area contributed by atoms with Gasteiger partial charge in [0.1, 0.15) is 0 Å². The van der Waals surface area contributed by atoms with Crippen LogP contribution >= 0.6 is 0 Å². The Kier molecular flexibility index (Phi) is 7.87. The van der Waals surface area contributed by atoms with E-state index in [0.717, 1.165) is 12.1 Å².